The number of amides is 2. The summed E-state index contributed by atoms with van der Waals surface area (Å²) in [6.45, 7) is -0.0401. The molecule has 2 amide bonds. The van der Waals surface area contributed by atoms with Crippen LogP contribution in [0.2, 0.25) is 0 Å². The van der Waals surface area contributed by atoms with Crippen molar-refractivity contribution in [2.24, 2.45) is 5.41 Å². The van der Waals surface area contributed by atoms with Gasteiger partial charge in [0.15, 0.2) is 5.41 Å². The van der Waals surface area contributed by atoms with E-state index in [0.29, 0.717) is 0 Å². The van der Waals surface area contributed by atoms with Gasteiger partial charge in [0.1, 0.15) is 12.6 Å². The first-order chi connectivity index (χ1) is 16.0. The van der Waals surface area contributed by atoms with Crippen LogP contribution in [0.5, 0.6) is 0 Å². The molecule has 0 saturated carbocycles. The van der Waals surface area contributed by atoms with E-state index < -0.39 is 48.6 Å². The molecule has 7 nitrogen and oxygen atoms in total. The number of carboxylic acid groups (broad SMARTS) is 1. The van der Waals surface area contributed by atoms with Crippen LogP contribution in [0.1, 0.15) is 30.4 Å². The van der Waals surface area contributed by atoms with E-state index in [1.165, 1.54) is 6.92 Å². The Morgan fingerprint density at radius 3 is 2.18 bits per heavy atom. The lowest BCUT2D eigenvalue weighted by molar-refractivity contribution is -0.227. The standard InChI is InChI=1S/C24H23F3N2O5/c1-14(20(30)29-11-10-23(13-29,21(31)32)24(25,26)27)28-22(33)34-12-19-17-8-4-2-6-15(17)16-7-3-5-9-18(16)19/h2-9,14,19H,10-13H2,1H3,(H,28,33)(H,31,32)/t14-,23?/m1/s1. The van der Waals surface area contributed by atoms with Gasteiger partial charge in [-0.05, 0) is 35.6 Å². The van der Waals surface area contributed by atoms with Crippen molar-refractivity contribution >= 4 is 18.0 Å². The van der Waals surface area contributed by atoms with E-state index in [1.54, 1.807) is 0 Å². The highest BCUT2D eigenvalue weighted by Crippen LogP contribution is 2.46. The van der Waals surface area contributed by atoms with Gasteiger partial charge in [0.25, 0.3) is 0 Å². The third kappa shape index (κ3) is 3.97. The number of benzene rings is 2. The maximum atomic E-state index is 13.4. The number of carbonyl (C=O) groups excluding carboxylic acids is 2. The van der Waals surface area contributed by atoms with Crippen LogP contribution in [0.25, 0.3) is 11.1 Å². The summed E-state index contributed by atoms with van der Waals surface area (Å²) in [4.78, 5) is 37.1. The second kappa shape index (κ2) is 8.66. The normalized spacial score (nSPS) is 20.4. The van der Waals surface area contributed by atoms with Crippen LogP contribution in [0.15, 0.2) is 48.5 Å². The van der Waals surface area contributed by atoms with Gasteiger partial charge in [-0.2, -0.15) is 13.2 Å². The van der Waals surface area contributed by atoms with Crippen molar-refractivity contribution in [2.75, 3.05) is 19.7 Å². The number of ether oxygens (including phenoxy) is 1. The van der Waals surface area contributed by atoms with Crippen LogP contribution in [-0.2, 0) is 14.3 Å². The lowest BCUT2D eigenvalue weighted by Gasteiger charge is -2.28. The summed E-state index contributed by atoms with van der Waals surface area (Å²) in [5.74, 6) is -3.01. The van der Waals surface area contributed by atoms with Crippen LogP contribution < -0.4 is 5.32 Å². The summed E-state index contributed by atoms with van der Waals surface area (Å²) in [7, 11) is 0. The smallest absolute Gasteiger partial charge is 0.407 e. The average molecular weight is 476 g/mol. The first kappa shape index (κ1) is 23.6. The average Bonchev–Trinajstić information content (AvgIpc) is 3.38. The molecule has 1 aliphatic heterocycles. The Balaban J connectivity index is 1.37. The number of halogens is 3. The number of aliphatic carboxylic acids is 1. The van der Waals surface area contributed by atoms with E-state index in [-0.39, 0.29) is 19.1 Å². The number of likely N-dealkylation sites (tertiary alicyclic amines) is 1. The molecule has 0 spiro atoms. The Labute approximate surface area is 193 Å². The maximum Gasteiger partial charge on any atom is 0.407 e. The van der Waals surface area contributed by atoms with Gasteiger partial charge in [-0.25, -0.2) is 4.79 Å². The van der Waals surface area contributed by atoms with Gasteiger partial charge >= 0.3 is 18.2 Å². The van der Waals surface area contributed by atoms with Gasteiger partial charge in [0.05, 0.1) is 0 Å². The molecule has 2 aromatic rings. The van der Waals surface area contributed by atoms with Crippen molar-refractivity contribution in [3.8, 4) is 11.1 Å². The number of nitrogens with zero attached hydrogens (tertiary/aromatic N) is 1. The van der Waals surface area contributed by atoms with Gasteiger partial charge in [-0.1, -0.05) is 48.5 Å². The zero-order valence-electron chi connectivity index (χ0n) is 18.3. The Kier molecular flexibility index (Phi) is 6.01. The van der Waals surface area contributed by atoms with Gasteiger partial charge in [-0.15, -0.1) is 0 Å². The highest BCUT2D eigenvalue weighted by atomic mass is 19.4. The molecule has 2 N–H and O–H groups in total. The topological polar surface area (TPSA) is 95.9 Å². The Hall–Kier alpha value is -3.56. The third-order valence-electron chi connectivity index (χ3n) is 6.58. The van der Waals surface area contributed by atoms with Crippen molar-refractivity contribution in [3.63, 3.8) is 0 Å². The molecule has 180 valence electrons. The van der Waals surface area contributed by atoms with Crippen molar-refractivity contribution in [1.82, 2.24) is 10.2 Å². The number of carbonyl (C=O) groups is 3. The molecule has 1 aliphatic carbocycles. The molecule has 2 atom stereocenters. The lowest BCUT2D eigenvalue weighted by atomic mass is 9.86. The molecule has 1 fully saturated rings. The molecule has 1 heterocycles. The first-order valence-corrected chi connectivity index (χ1v) is 10.8. The molecule has 1 saturated heterocycles. The Morgan fingerprint density at radius 2 is 1.68 bits per heavy atom. The van der Waals surface area contributed by atoms with Crippen LogP contribution in [-0.4, -0.2) is 59.9 Å². The van der Waals surface area contributed by atoms with Crippen LogP contribution in [0.3, 0.4) is 0 Å². The Morgan fingerprint density at radius 1 is 1.12 bits per heavy atom. The highest BCUT2D eigenvalue weighted by molar-refractivity contribution is 5.87. The highest BCUT2D eigenvalue weighted by Gasteiger charge is 2.64. The molecular formula is C24H23F3N2O5. The van der Waals surface area contributed by atoms with Crippen molar-refractivity contribution < 1.29 is 37.4 Å². The summed E-state index contributed by atoms with van der Waals surface area (Å²) in [6, 6.07) is 14.3. The number of alkyl halides is 3. The molecule has 10 heteroatoms. The SMILES string of the molecule is C[C@@H](NC(=O)OCC1c2ccccc2-c2ccccc21)C(=O)N1CCC(C(=O)O)(C(F)(F)F)C1. The van der Waals surface area contributed by atoms with Crippen LogP contribution in [0.4, 0.5) is 18.0 Å². The number of fused-ring (bicyclic) bond motifs is 3. The number of hydrogen-bond donors (Lipinski definition) is 2. The van der Waals surface area contributed by atoms with E-state index in [4.69, 9.17) is 9.84 Å². The van der Waals surface area contributed by atoms with Crippen LogP contribution >= 0.6 is 0 Å². The zero-order valence-corrected chi connectivity index (χ0v) is 18.3. The molecule has 1 unspecified atom stereocenters. The molecule has 2 aliphatic rings. The molecule has 0 bridgehead atoms. The fourth-order valence-corrected chi connectivity index (χ4v) is 4.68. The van der Waals surface area contributed by atoms with Gasteiger partial charge < -0.3 is 20.1 Å². The summed E-state index contributed by atoms with van der Waals surface area (Å²) in [6.07, 6.45) is -6.63. The van der Waals surface area contributed by atoms with Gasteiger partial charge in [0.2, 0.25) is 5.91 Å². The van der Waals surface area contributed by atoms with Crippen molar-refractivity contribution in [3.05, 3.63) is 59.7 Å². The van der Waals surface area contributed by atoms with E-state index in [9.17, 15) is 27.6 Å². The molecule has 0 aromatic heterocycles. The molecule has 2 aromatic carbocycles. The summed E-state index contributed by atoms with van der Waals surface area (Å²) in [5.41, 5.74) is 1.11. The summed E-state index contributed by atoms with van der Waals surface area (Å²) >= 11 is 0. The monoisotopic (exact) mass is 476 g/mol. The number of carboxylic acids is 1. The van der Waals surface area contributed by atoms with E-state index in [0.717, 1.165) is 27.2 Å². The second-order valence-corrected chi connectivity index (χ2v) is 8.59. The third-order valence-corrected chi connectivity index (χ3v) is 6.58. The van der Waals surface area contributed by atoms with Crippen LogP contribution in [0, 0.1) is 5.41 Å². The quantitative estimate of drug-likeness (QED) is 0.685. The Bertz CT molecular complexity index is 1090. The number of nitrogens with one attached hydrogen (secondary N) is 1. The number of rotatable bonds is 5. The van der Waals surface area contributed by atoms with E-state index in [2.05, 4.69) is 5.32 Å². The maximum absolute atomic E-state index is 13.4. The fourth-order valence-electron chi connectivity index (χ4n) is 4.68. The predicted octanol–water partition coefficient (Wildman–Crippen LogP) is 3.78. The largest absolute Gasteiger partial charge is 0.481 e. The van der Waals surface area contributed by atoms with E-state index in [1.807, 2.05) is 48.5 Å². The number of alkyl carbamates (subject to hydrolysis) is 1. The first-order valence-electron chi connectivity index (χ1n) is 10.8. The molecular weight excluding hydrogens is 453 g/mol. The minimum atomic E-state index is -5.00. The van der Waals surface area contributed by atoms with Crippen molar-refractivity contribution in [1.29, 1.82) is 0 Å². The minimum absolute atomic E-state index is 0.0146. The van der Waals surface area contributed by atoms with Gasteiger partial charge in [-0.3, -0.25) is 9.59 Å². The predicted molar refractivity (Wildman–Crippen MR) is 115 cm³/mol. The number of hydrogen-bond acceptors (Lipinski definition) is 4. The minimum Gasteiger partial charge on any atom is -0.481 e. The zero-order chi connectivity index (χ0) is 24.7. The fraction of sp³-hybridized carbons (Fsp3) is 0.375. The van der Waals surface area contributed by atoms with Crippen molar-refractivity contribution in [2.45, 2.75) is 31.5 Å². The molecule has 4 rings (SSSR count). The van der Waals surface area contributed by atoms with Gasteiger partial charge in [0, 0.05) is 19.0 Å². The lowest BCUT2D eigenvalue weighted by Crippen LogP contribution is -2.50. The molecule has 0 radical (unpaired) electrons. The summed E-state index contributed by atoms with van der Waals surface area (Å²) in [5, 5.41) is 11.5. The summed E-state index contributed by atoms with van der Waals surface area (Å²) < 4.78 is 45.5. The second-order valence-electron chi connectivity index (χ2n) is 8.59. The molecule has 34 heavy (non-hydrogen) atoms. The van der Waals surface area contributed by atoms with E-state index >= 15 is 0 Å².